The topological polar surface area (TPSA) is 88.3 Å². The standard InChI is InChI=1S/C17H18Cl2N4O3/c1-3-4-5-13-20-14(26-22-13)9-23-15(24)17(2,21-16(23)25)11-7-6-10(18)8-12(11)19/h6-8H,3-5,9H2,1-2H3,(H,21,25). The fourth-order valence-corrected chi connectivity index (χ4v) is 3.44. The van der Waals surface area contributed by atoms with Gasteiger partial charge in [0.2, 0.25) is 5.89 Å². The quantitative estimate of drug-likeness (QED) is 0.752. The summed E-state index contributed by atoms with van der Waals surface area (Å²) in [5.41, 5.74) is -0.817. The molecular formula is C17H18Cl2N4O3. The van der Waals surface area contributed by atoms with Crippen molar-refractivity contribution in [1.29, 1.82) is 0 Å². The fraction of sp³-hybridized carbons (Fsp3) is 0.412. The van der Waals surface area contributed by atoms with E-state index in [4.69, 9.17) is 27.7 Å². The van der Waals surface area contributed by atoms with Gasteiger partial charge in [0.1, 0.15) is 12.1 Å². The molecule has 0 saturated carbocycles. The number of aromatic nitrogens is 2. The minimum Gasteiger partial charge on any atom is -0.337 e. The van der Waals surface area contributed by atoms with Crippen LogP contribution in [0.5, 0.6) is 0 Å². The molecule has 2 aromatic rings. The molecule has 0 bridgehead atoms. The number of hydrogen-bond donors (Lipinski definition) is 1. The maximum absolute atomic E-state index is 12.9. The molecule has 1 saturated heterocycles. The van der Waals surface area contributed by atoms with Gasteiger partial charge in [0.15, 0.2) is 5.82 Å². The average molecular weight is 397 g/mol. The maximum Gasteiger partial charge on any atom is 0.325 e. The third kappa shape index (κ3) is 3.41. The van der Waals surface area contributed by atoms with Crippen molar-refractivity contribution < 1.29 is 14.1 Å². The molecule has 1 N–H and O–H groups in total. The Balaban J connectivity index is 1.81. The number of aryl methyl sites for hydroxylation is 1. The first-order chi connectivity index (χ1) is 12.3. The zero-order valence-corrected chi connectivity index (χ0v) is 15.9. The molecule has 138 valence electrons. The van der Waals surface area contributed by atoms with Crippen molar-refractivity contribution in [2.45, 2.75) is 45.2 Å². The first-order valence-electron chi connectivity index (χ1n) is 8.26. The summed E-state index contributed by atoms with van der Waals surface area (Å²) in [6.07, 6.45) is 2.64. The van der Waals surface area contributed by atoms with E-state index in [2.05, 4.69) is 22.4 Å². The molecule has 9 heteroatoms. The van der Waals surface area contributed by atoms with Crippen LogP contribution in [0.4, 0.5) is 4.79 Å². The number of hydrogen-bond acceptors (Lipinski definition) is 5. The van der Waals surface area contributed by atoms with Crippen LogP contribution in [0.25, 0.3) is 0 Å². The number of halogens is 2. The molecule has 26 heavy (non-hydrogen) atoms. The predicted octanol–water partition coefficient (Wildman–Crippen LogP) is 3.69. The maximum atomic E-state index is 12.9. The number of carbonyl (C=O) groups excluding carboxylic acids is 2. The Morgan fingerprint density at radius 1 is 1.31 bits per heavy atom. The van der Waals surface area contributed by atoms with Gasteiger partial charge in [-0.1, -0.05) is 47.8 Å². The third-order valence-corrected chi connectivity index (χ3v) is 4.85. The number of urea groups is 1. The van der Waals surface area contributed by atoms with Gasteiger partial charge in [-0.15, -0.1) is 0 Å². The Kier molecular flexibility index (Phi) is 5.20. The van der Waals surface area contributed by atoms with Crippen LogP contribution in [0, 0.1) is 0 Å². The second-order valence-corrected chi connectivity index (χ2v) is 7.12. The Morgan fingerprint density at radius 2 is 2.08 bits per heavy atom. The molecule has 0 aliphatic carbocycles. The highest BCUT2D eigenvalue weighted by Crippen LogP contribution is 2.35. The number of amides is 3. The summed E-state index contributed by atoms with van der Waals surface area (Å²) in [5.74, 6) is 0.337. The number of nitrogens with one attached hydrogen (secondary N) is 1. The van der Waals surface area contributed by atoms with E-state index >= 15 is 0 Å². The van der Waals surface area contributed by atoms with Crippen molar-refractivity contribution in [2.24, 2.45) is 0 Å². The molecule has 3 amide bonds. The monoisotopic (exact) mass is 396 g/mol. The first-order valence-corrected chi connectivity index (χ1v) is 9.02. The van der Waals surface area contributed by atoms with Crippen LogP contribution >= 0.6 is 23.2 Å². The van der Waals surface area contributed by atoms with Crippen LogP contribution < -0.4 is 5.32 Å². The summed E-state index contributed by atoms with van der Waals surface area (Å²) in [6.45, 7) is 3.57. The van der Waals surface area contributed by atoms with Gasteiger partial charge in [0, 0.05) is 22.0 Å². The molecule has 0 radical (unpaired) electrons. The third-order valence-electron chi connectivity index (χ3n) is 4.30. The highest BCUT2D eigenvalue weighted by atomic mass is 35.5. The molecule has 1 aromatic heterocycles. The molecule has 1 atom stereocenters. The van der Waals surface area contributed by atoms with Gasteiger partial charge in [-0.05, 0) is 25.5 Å². The Hall–Kier alpha value is -2.12. The van der Waals surface area contributed by atoms with E-state index in [0.717, 1.165) is 17.7 Å². The molecule has 0 spiro atoms. The van der Waals surface area contributed by atoms with E-state index < -0.39 is 17.5 Å². The lowest BCUT2D eigenvalue weighted by Crippen LogP contribution is -2.41. The van der Waals surface area contributed by atoms with Gasteiger partial charge in [-0.25, -0.2) is 4.79 Å². The van der Waals surface area contributed by atoms with Crippen molar-refractivity contribution in [1.82, 2.24) is 20.4 Å². The number of nitrogens with zero attached hydrogens (tertiary/aromatic N) is 3. The first kappa shape index (κ1) is 18.7. The number of carbonyl (C=O) groups is 2. The molecule has 1 fully saturated rings. The summed E-state index contributed by atoms with van der Waals surface area (Å²) >= 11 is 12.1. The molecule has 1 aromatic carbocycles. The van der Waals surface area contributed by atoms with Crippen LogP contribution in [-0.4, -0.2) is 27.0 Å². The van der Waals surface area contributed by atoms with Gasteiger partial charge < -0.3 is 9.84 Å². The number of rotatable bonds is 6. The molecule has 1 aliphatic rings. The minimum atomic E-state index is -1.29. The molecule has 3 rings (SSSR count). The fourth-order valence-electron chi connectivity index (χ4n) is 2.84. The number of imide groups is 1. The van der Waals surface area contributed by atoms with Gasteiger partial charge in [0.25, 0.3) is 5.91 Å². The highest BCUT2D eigenvalue weighted by molar-refractivity contribution is 6.35. The van der Waals surface area contributed by atoms with Crippen LogP contribution in [0.3, 0.4) is 0 Å². The summed E-state index contributed by atoms with van der Waals surface area (Å²) in [7, 11) is 0. The lowest BCUT2D eigenvalue weighted by atomic mass is 9.92. The summed E-state index contributed by atoms with van der Waals surface area (Å²) in [4.78, 5) is 30.6. The molecule has 1 aliphatic heterocycles. The zero-order valence-electron chi connectivity index (χ0n) is 14.4. The van der Waals surface area contributed by atoms with Crippen LogP contribution in [-0.2, 0) is 23.3 Å². The van der Waals surface area contributed by atoms with Crippen LogP contribution in [0.1, 0.15) is 44.0 Å². The zero-order chi connectivity index (χ0) is 18.9. The van der Waals surface area contributed by atoms with Crippen LogP contribution in [0.15, 0.2) is 22.7 Å². The smallest absolute Gasteiger partial charge is 0.325 e. The van der Waals surface area contributed by atoms with Crippen molar-refractivity contribution in [3.8, 4) is 0 Å². The molecular weight excluding hydrogens is 379 g/mol. The second kappa shape index (κ2) is 7.25. The second-order valence-electron chi connectivity index (χ2n) is 6.28. The summed E-state index contributed by atoms with van der Waals surface area (Å²) < 4.78 is 5.16. The summed E-state index contributed by atoms with van der Waals surface area (Å²) in [5, 5.41) is 7.31. The Morgan fingerprint density at radius 3 is 2.77 bits per heavy atom. The summed E-state index contributed by atoms with van der Waals surface area (Å²) in [6, 6.07) is 4.23. The van der Waals surface area contributed by atoms with E-state index in [1.807, 2.05) is 0 Å². The van der Waals surface area contributed by atoms with E-state index in [1.165, 1.54) is 6.07 Å². The van der Waals surface area contributed by atoms with Gasteiger partial charge in [0.05, 0.1) is 0 Å². The molecule has 1 unspecified atom stereocenters. The van der Waals surface area contributed by atoms with Gasteiger partial charge in [-0.3, -0.25) is 9.69 Å². The van der Waals surface area contributed by atoms with Crippen molar-refractivity contribution >= 4 is 35.1 Å². The predicted molar refractivity (Wildman–Crippen MR) is 95.8 cm³/mol. The normalized spacial score (nSPS) is 19.9. The molecule has 7 nitrogen and oxygen atoms in total. The average Bonchev–Trinajstić information content (AvgIpc) is 3.11. The van der Waals surface area contributed by atoms with Gasteiger partial charge in [-0.2, -0.15) is 4.98 Å². The molecule has 2 heterocycles. The largest absolute Gasteiger partial charge is 0.337 e. The van der Waals surface area contributed by atoms with E-state index in [9.17, 15) is 9.59 Å². The van der Waals surface area contributed by atoms with Crippen molar-refractivity contribution in [3.63, 3.8) is 0 Å². The van der Waals surface area contributed by atoms with Crippen molar-refractivity contribution in [2.75, 3.05) is 0 Å². The lowest BCUT2D eigenvalue weighted by molar-refractivity contribution is -0.131. The van der Waals surface area contributed by atoms with Crippen LogP contribution in [0.2, 0.25) is 10.0 Å². The van der Waals surface area contributed by atoms with Gasteiger partial charge >= 0.3 is 6.03 Å². The minimum absolute atomic E-state index is 0.0927. The lowest BCUT2D eigenvalue weighted by Gasteiger charge is -2.23. The Bertz CT molecular complexity index is 854. The van der Waals surface area contributed by atoms with E-state index in [1.54, 1.807) is 19.1 Å². The highest BCUT2D eigenvalue weighted by Gasteiger charge is 2.50. The SMILES string of the molecule is CCCCc1noc(CN2C(=O)NC(C)(c3ccc(Cl)cc3Cl)C2=O)n1. The number of unbranched alkanes of at least 4 members (excludes halogenated alkanes) is 1. The van der Waals surface area contributed by atoms with E-state index in [-0.39, 0.29) is 12.4 Å². The van der Waals surface area contributed by atoms with E-state index in [0.29, 0.717) is 27.9 Å². The number of benzene rings is 1. The van der Waals surface area contributed by atoms with Crippen molar-refractivity contribution in [3.05, 3.63) is 45.5 Å². The Labute approximate surface area is 160 Å².